The number of aromatic nitrogens is 2. The third kappa shape index (κ3) is 5.16. The van der Waals surface area contributed by atoms with Gasteiger partial charge in [-0.1, -0.05) is 18.2 Å². The van der Waals surface area contributed by atoms with Crippen molar-refractivity contribution in [3.8, 4) is 5.75 Å². The average Bonchev–Trinajstić information content (AvgIpc) is 3.39. The van der Waals surface area contributed by atoms with Gasteiger partial charge in [-0.15, -0.1) is 24.0 Å². The normalized spacial score (nSPS) is 16.4. The van der Waals surface area contributed by atoms with Crippen LogP contribution in [-0.2, 0) is 6.42 Å². The fraction of sp³-hybridized carbons (Fsp3) is 0.364. The molecule has 0 bridgehead atoms. The second kappa shape index (κ2) is 10.5. The van der Waals surface area contributed by atoms with E-state index in [-0.39, 0.29) is 24.0 Å². The Morgan fingerprint density at radius 1 is 1.23 bits per heavy atom. The maximum atomic E-state index is 5.51. The Hall–Kier alpha value is -2.49. The molecule has 4 rings (SSSR count). The highest BCUT2D eigenvalue weighted by Crippen LogP contribution is 2.30. The van der Waals surface area contributed by atoms with Crippen molar-refractivity contribution < 1.29 is 4.74 Å². The van der Waals surface area contributed by atoms with Crippen molar-refractivity contribution in [2.24, 2.45) is 4.99 Å². The van der Waals surface area contributed by atoms with Crippen LogP contribution < -0.4 is 20.3 Å². The fourth-order valence-corrected chi connectivity index (χ4v) is 3.79. The highest BCUT2D eigenvalue weighted by molar-refractivity contribution is 14.0. The van der Waals surface area contributed by atoms with E-state index in [1.807, 2.05) is 48.0 Å². The van der Waals surface area contributed by atoms with Crippen LogP contribution in [0.5, 0.6) is 5.75 Å². The summed E-state index contributed by atoms with van der Waals surface area (Å²) in [6, 6.07) is 14.6. The lowest BCUT2D eigenvalue weighted by molar-refractivity contribution is 0.415. The molecule has 30 heavy (non-hydrogen) atoms. The number of nitrogens with zero attached hydrogens (tertiary/aromatic N) is 4. The predicted molar refractivity (Wildman–Crippen MR) is 132 cm³/mol. The number of imidazole rings is 1. The number of fused-ring (bicyclic) bond motifs is 1. The zero-order valence-corrected chi connectivity index (χ0v) is 19.7. The van der Waals surface area contributed by atoms with Crippen molar-refractivity contribution in [2.75, 3.05) is 38.7 Å². The molecule has 0 amide bonds. The molecule has 0 saturated carbocycles. The molecule has 7 nitrogen and oxygen atoms in total. The quantitative estimate of drug-likeness (QED) is 0.297. The van der Waals surface area contributed by atoms with E-state index in [0.29, 0.717) is 6.04 Å². The summed E-state index contributed by atoms with van der Waals surface area (Å²) in [4.78, 5) is 11.4. The predicted octanol–water partition coefficient (Wildman–Crippen LogP) is 2.95. The Balaban J connectivity index is 0.00000256. The number of pyridine rings is 1. The molecule has 0 spiro atoms. The summed E-state index contributed by atoms with van der Waals surface area (Å²) in [5.41, 5.74) is 3.20. The lowest BCUT2D eigenvalue weighted by Gasteiger charge is -2.22. The van der Waals surface area contributed by atoms with Crippen molar-refractivity contribution in [3.63, 3.8) is 0 Å². The van der Waals surface area contributed by atoms with E-state index >= 15 is 0 Å². The van der Waals surface area contributed by atoms with Crippen molar-refractivity contribution >= 4 is 41.3 Å². The molecule has 1 saturated heterocycles. The summed E-state index contributed by atoms with van der Waals surface area (Å²) in [7, 11) is 3.53. The van der Waals surface area contributed by atoms with E-state index in [2.05, 4.69) is 43.8 Å². The number of guanidine groups is 1. The average molecular weight is 520 g/mol. The molecule has 8 heteroatoms. The molecule has 2 aromatic heterocycles. The number of halogens is 1. The summed E-state index contributed by atoms with van der Waals surface area (Å²) < 4.78 is 7.56. The zero-order chi connectivity index (χ0) is 20.1. The summed E-state index contributed by atoms with van der Waals surface area (Å²) in [6.45, 7) is 2.70. The number of rotatable bonds is 6. The van der Waals surface area contributed by atoms with Gasteiger partial charge in [-0.2, -0.15) is 0 Å². The van der Waals surface area contributed by atoms with Crippen molar-refractivity contribution in [1.29, 1.82) is 0 Å². The molecule has 1 unspecified atom stereocenters. The van der Waals surface area contributed by atoms with E-state index < -0.39 is 0 Å². The number of hydrogen-bond acceptors (Lipinski definition) is 4. The SMILES string of the molecule is CN=C(NCCc1cn2ccccc2n1)NC1CCN(c2ccccc2OC)C1.I. The van der Waals surface area contributed by atoms with Crippen LogP contribution in [0, 0.1) is 0 Å². The van der Waals surface area contributed by atoms with Gasteiger partial charge in [0.1, 0.15) is 11.4 Å². The van der Waals surface area contributed by atoms with Crippen LogP contribution >= 0.6 is 24.0 Å². The van der Waals surface area contributed by atoms with Crippen LogP contribution in [0.4, 0.5) is 5.69 Å². The van der Waals surface area contributed by atoms with Crippen LogP contribution in [0.15, 0.2) is 59.9 Å². The monoisotopic (exact) mass is 520 g/mol. The molecular formula is C22H29IN6O. The van der Waals surface area contributed by atoms with E-state index in [9.17, 15) is 0 Å². The Bertz CT molecular complexity index is 955. The second-order valence-electron chi connectivity index (χ2n) is 7.20. The maximum absolute atomic E-state index is 5.51. The van der Waals surface area contributed by atoms with Crippen LogP contribution in [0.3, 0.4) is 0 Å². The van der Waals surface area contributed by atoms with E-state index in [0.717, 1.165) is 61.2 Å². The molecule has 160 valence electrons. The van der Waals surface area contributed by atoms with Gasteiger partial charge in [-0.3, -0.25) is 4.99 Å². The van der Waals surface area contributed by atoms with Gasteiger partial charge >= 0.3 is 0 Å². The lowest BCUT2D eigenvalue weighted by Crippen LogP contribution is -2.45. The van der Waals surface area contributed by atoms with Gasteiger partial charge in [0.15, 0.2) is 5.96 Å². The summed E-state index contributed by atoms with van der Waals surface area (Å²) in [5.74, 6) is 1.75. The van der Waals surface area contributed by atoms with Gasteiger partial charge < -0.3 is 24.7 Å². The van der Waals surface area contributed by atoms with Gasteiger partial charge in [-0.25, -0.2) is 4.98 Å². The lowest BCUT2D eigenvalue weighted by atomic mass is 10.2. The molecule has 1 atom stereocenters. The number of aliphatic imine (C=N–C) groups is 1. The smallest absolute Gasteiger partial charge is 0.191 e. The Morgan fingerprint density at radius 3 is 2.87 bits per heavy atom. The molecular weight excluding hydrogens is 491 g/mol. The van der Waals surface area contributed by atoms with Gasteiger partial charge in [0.2, 0.25) is 0 Å². The third-order valence-electron chi connectivity index (χ3n) is 5.27. The van der Waals surface area contributed by atoms with Crippen LogP contribution in [-0.4, -0.2) is 55.2 Å². The summed E-state index contributed by atoms with van der Waals surface area (Å²) >= 11 is 0. The maximum Gasteiger partial charge on any atom is 0.191 e. The van der Waals surface area contributed by atoms with Crippen LogP contribution in [0.1, 0.15) is 12.1 Å². The van der Waals surface area contributed by atoms with E-state index in [4.69, 9.17) is 4.74 Å². The number of nitrogens with one attached hydrogen (secondary N) is 2. The van der Waals surface area contributed by atoms with E-state index in [1.165, 1.54) is 0 Å². The first-order chi connectivity index (χ1) is 14.3. The number of benzene rings is 1. The number of hydrogen-bond donors (Lipinski definition) is 2. The Labute approximate surface area is 194 Å². The van der Waals surface area contributed by atoms with Crippen LogP contribution in [0.25, 0.3) is 5.65 Å². The molecule has 0 radical (unpaired) electrons. The zero-order valence-electron chi connectivity index (χ0n) is 17.4. The largest absolute Gasteiger partial charge is 0.495 e. The number of methoxy groups -OCH3 is 1. The molecule has 1 aromatic carbocycles. The minimum atomic E-state index is 0. The number of ether oxygens (including phenoxy) is 1. The first-order valence-electron chi connectivity index (χ1n) is 10.0. The molecule has 0 aliphatic carbocycles. The second-order valence-corrected chi connectivity index (χ2v) is 7.20. The van der Waals surface area contributed by atoms with Gasteiger partial charge in [0, 0.05) is 51.5 Å². The first-order valence-corrected chi connectivity index (χ1v) is 10.0. The first kappa shape index (κ1) is 22.2. The van der Waals surface area contributed by atoms with Gasteiger partial charge in [-0.05, 0) is 30.7 Å². The minimum Gasteiger partial charge on any atom is -0.495 e. The molecule has 3 heterocycles. The highest BCUT2D eigenvalue weighted by Gasteiger charge is 2.25. The van der Waals surface area contributed by atoms with Crippen molar-refractivity contribution in [1.82, 2.24) is 20.0 Å². The van der Waals surface area contributed by atoms with E-state index in [1.54, 1.807) is 7.11 Å². The Morgan fingerprint density at radius 2 is 2.07 bits per heavy atom. The van der Waals surface area contributed by atoms with Crippen molar-refractivity contribution in [2.45, 2.75) is 18.9 Å². The number of para-hydroxylation sites is 2. The number of anilines is 1. The summed E-state index contributed by atoms with van der Waals surface area (Å²) in [5, 5.41) is 6.96. The highest BCUT2D eigenvalue weighted by atomic mass is 127. The topological polar surface area (TPSA) is 66.2 Å². The Kier molecular flexibility index (Phi) is 7.78. The van der Waals surface area contributed by atoms with Gasteiger partial charge in [0.25, 0.3) is 0 Å². The van der Waals surface area contributed by atoms with Crippen LogP contribution in [0.2, 0.25) is 0 Å². The van der Waals surface area contributed by atoms with Crippen molar-refractivity contribution in [3.05, 3.63) is 60.6 Å². The fourth-order valence-electron chi connectivity index (χ4n) is 3.79. The third-order valence-corrected chi connectivity index (χ3v) is 5.27. The standard InChI is InChI=1S/C22H28N6O.HI/c1-23-22(24-12-10-17-16-28-13-6-5-9-21(28)25-17)26-18-11-14-27(15-18)19-7-3-4-8-20(19)29-2;/h3-9,13,16,18H,10-12,14-15H2,1-2H3,(H2,23,24,26);1H. The van der Waals surface area contributed by atoms with Gasteiger partial charge in [0.05, 0.1) is 18.5 Å². The minimum absolute atomic E-state index is 0. The molecule has 1 aliphatic heterocycles. The summed E-state index contributed by atoms with van der Waals surface area (Å²) in [6.07, 6.45) is 6.01. The molecule has 1 fully saturated rings. The molecule has 2 N–H and O–H groups in total. The molecule has 3 aromatic rings. The molecule has 1 aliphatic rings.